The number of phenols is 1. The van der Waals surface area contributed by atoms with Crippen LogP contribution in [0.2, 0.25) is 5.02 Å². The molecule has 0 aliphatic rings. The topological polar surface area (TPSA) is 95.5 Å². The molecule has 0 atom stereocenters. The molecule has 1 amide bonds. The monoisotopic (exact) mass is 354 g/mol. The number of hydrogen-bond acceptors (Lipinski definition) is 4. The smallest absolute Gasteiger partial charge is 0.251 e. The largest absolute Gasteiger partial charge is 0.508 e. The SMILES string of the molecule is O=C(NCCNS(=O)(=O)c1ccc(Cl)cc1)c1cccc(O)c1. The molecule has 0 radical (unpaired) electrons. The van der Waals surface area contributed by atoms with Crippen LogP contribution in [0.4, 0.5) is 0 Å². The van der Waals surface area contributed by atoms with E-state index >= 15 is 0 Å². The summed E-state index contributed by atoms with van der Waals surface area (Å²) in [6.07, 6.45) is 0. The molecule has 0 fully saturated rings. The Hall–Kier alpha value is -2.09. The number of carbonyl (C=O) groups excluding carboxylic acids is 1. The van der Waals surface area contributed by atoms with E-state index in [0.717, 1.165) is 0 Å². The highest BCUT2D eigenvalue weighted by Crippen LogP contribution is 2.13. The molecule has 6 nitrogen and oxygen atoms in total. The molecule has 2 rings (SSSR count). The molecule has 0 heterocycles. The van der Waals surface area contributed by atoms with Crippen molar-refractivity contribution in [2.24, 2.45) is 0 Å². The van der Waals surface area contributed by atoms with Crippen molar-refractivity contribution in [3.8, 4) is 5.75 Å². The molecule has 0 aliphatic heterocycles. The molecular weight excluding hydrogens is 340 g/mol. The lowest BCUT2D eigenvalue weighted by Gasteiger charge is -2.08. The van der Waals surface area contributed by atoms with Crippen LogP contribution in [-0.4, -0.2) is 32.5 Å². The Balaban J connectivity index is 1.85. The predicted molar refractivity (Wildman–Crippen MR) is 87.1 cm³/mol. The van der Waals surface area contributed by atoms with E-state index < -0.39 is 15.9 Å². The first-order valence-electron chi connectivity index (χ1n) is 6.71. The summed E-state index contributed by atoms with van der Waals surface area (Å²) in [5.74, 6) is -0.410. The number of benzene rings is 2. The van der Waals surface area contributed by atoms with E-state index in [-0.39, 0.29) is 23.7 Å². The number of phenolic OH excluding ortho intramolecular Hbond substituents is 1. The fourth-order valence-corrected chi connectivity index (χ4v) is 2.97. The number of hydrogen-bond donors (Lipinski definition) is 3. The molecule has 0 bridgehead atoms. The molecule has 0 aliphatic carbocycles. The number of amides is 1. The maximum atomic E-state index is 12.0. The maximum absolute atomic E-state index is 12.0. The molecule has 8 heteroatoms. The second-order valence-electron chi connectivity index (χ2n) is 4.66. The minimum absolute atomic E-state index is 0.0129. The summed E-state index contributed by atoms with van der Waals surface area (Å²) in [6.45, 7) is 0.150. The number of carbonyl (C=O) groups is 1. The van der Waals surface area contributed by atoms with Gasteiger partial charge in [0.1, 0.15) is 5.75 Å². The van der Waals surface area contributed by atoms with Crippen LogP contribution in [0.1, 0.15) is 10.4 Å². The van der Waals surface area contributed by atoms with E-state index in [2.05, 4.69) is 10.0 Å². The summed E-state index contributed by atoms with van der Waals surface area (Å²) in [5, 5.41) is 12.3. The average Bonchev–Trinajstić information content (AvgIpc) is 2.52. The van der Waals surface area contributed by atoms with Gasteiger partial charge < -0.3 is 10.4 Å². The molecular formula is C15H15ClN2O4S. The van der Waals surface area contributed by atoms with Crippen molar-refractivity contribution < 1.29 is 18.3 Å². The Morgan fingerprint density at radius 3 is 2.43 bits per heavy atom. The first kappa shape index (κ1) is 17.3. The zero-order valence-electron chi connectivity index (χ0n) is 12.0. The third-order valence-electron chi connectivity index (χ3n) is 2.93. The second kappa shape index (κ2) is 7.45. The number of nitrogens with one attached hydrogen (secondary N) is 2. The third-order valence-corrected chi connectivity index (χ3v) is 4.66. The summed E-state index contributed by atoms with van der Waals surface area (Å²) >= 11 is 5.71. The predicted octanol–water partition coefficient (Wildman–Crippen LogP) is 1.75. The van der Waals surface area contributed by atoms with Gasteiger partial charge in [0.25, 0.3) is 5.91 Å². The lowest BCUT2D eigenvalue weighted by Crippen LogP contribution is -2.34. The molecule has 2 aromatic rings. The Morgan fingerprint density at radius 1 is 1.09 bits per heavy atom. The van der Waals surface area contributed by atoms with Crippen LogP contribution in [0.15, 0.2) is 53.4 Å². The minimum atomic E-state index is -3.65. The van der Waals surface area contributed by atoms with Gasteiger partial charge in [0, 0.05) is 23.7 Å². The number of aromatic hydroxyl groups is 1. The van der Waals surface area contributed by atoms with Crippen molar-refractivity contribution in [2.75, 3.05) is 13.1 Å². The summed E-state index contributed by atoms with van der Waals surface area (Å²) in [6, 6.07) is 11.6. The lowest BCUT2D eigenvalue weighted by molar-refractivity contribution is 0.0954. The van der Waals surface area contributed by atoms with Crippen molar-refractivity contribution in [3.05, 3.63) is 59.1 Å². The fraction of sp³-hybridized carbons (Fsp3) is 0.133. The van der Waals surface area contributed by atoms with Gasteiger partial charge in [-0.05, 0) is 42.5 Å². The first-order chi connectivity index (χ1) is 10.9. The molecule has 0 saturated carbocycles. The van der Waals surface area contributed by atoms with Gasteiger partial charge in [-0.2, -0.15) is 0 Å². The van der Waals surface area contributed by atoms with Crippen LogP contribution in [0.5, 0.6) is 5.75 Å². The summed E-state index contributed by atoms with van der Waals surface area (Å²) in [7, 11) is -3.65. The highest BCUT2D eigenvalue weighted by Gasteiger charge is 2.13. The lowest BCUT2D eigenvalue weighted by atomic mass is 10.2. The zero-order chi connectivity index (χ0) is 16.9. The van der Waals surface area contributed by atoms with Gasteiger partial charge in [-0.15, -0.1) is 0 Å². The highest BCUT2D eigenvalue weighted by atomic mass is 35.5. The van der Waals surface area contributed by atoms with E-state index in [1.807, 2.05) is 0 Å². The highest BCUT2D eigenvalue weighted by molar-refractivity contribution is 7.89. The molecule has 0 unspecified atom stereocenters. The number of halogens is 1. The van der Waals surface area contributed by atoms with E-state index in [0.29, 0.717) is 10.6 Å². The van der Waals surface area contributed by atoms with Gasteiger partial charge in [0.15, 0.2) is 0 Å². The molecule has 122 valence electrons. The maximum Gasteiger partial charge on any atom is 0.251 e. The summed E-state index contributed by atoms with van der Waals surface area (Å²) in [4.78, 5) is 11.9. The third kappa shape index (κ3) is 4.95. The Kier molecular flexibility index (Phi) is 5.59. The molecule has 23 heavy (non-hydrogen) atoms. The molecule has 0 spiro atoms. The van der Waals surface area contributed by atoms with Crippen LogP contribution in [0, 0.1) is 0 Å². The van der Waals surface area contributed by atoms with Gasteiger partial charge in [0.05, 0.1) is 4.90 Å². The van der Waals surface area contributed by atoms with Gasteiger partial charge in [-0.3, -0.25) is 4.79 Å². The van der Waals surface area contributed by atoms with E-state index in [9.17, 15) is 18.3 Å². The zero-order valence-corrected chi connectivity index (χ0v) is 13.6. The fourth-order valence-electron chi connectivity index (χ4n) is 1.81. The van der Waals surface area contributed by atoms with Crippen LogP contribution in [-0.2, 0) is 10.0 Å². The second-order valence-corrected chi connectivity index (χ2v) is 6.86. The Labute approximate surface area is 139 Å². The van der Waals surface area contributed by atoms with E-state index in [4.69, 9.17) is 11.6 Å². The Morgan fingerprint density at radius 2 is 1.78 bits per heavy atom. The van der Waals surface area contributed by atoms with E-state index in [1.165, 1.54) is 36.4 Å². The summed E-state index contributed by atoms with van der Waals surface area (Å²) < 4.78 is 26.4. The van der Waals surface area contributed by atoms with Crippen molar-refractivity contribution >= 4 is 27.5 Å². The number of rotatable bonds is 6. The summed E-state index contributed by atoms with van der Waals surface area (Å²) in [5.41, 5.74) is 0.297. The average molecular weight is 355 g/mol. The normalized spacial score (nSPS) is 11.2. The van der Waals surface area contributed by atoms with Crippen LogP contribution in [0.3, 0.4) is 0 Å². The van der Waals surface area contributed by atoms with Crippen molar-refractivity contribution in [2.45, 2.75) is 4.90 Å². The van der Waals surface area contributed by atoms with Crippen molar-refractivity contribution in [3.63, 3.8) is 0 Å². The van der Waals surface area contributed by atoms with Crippen LogP contribution in [0.25, 0.3) is 0 Å². The quantitative estimate of drug-likeness (QED) is 0.689. The minimum Gasteiger partial charge on any atom is -0.508 e. The molecule has 0 aromatic heterocycles. The van der Waals surface area contributed by atoms with Gasteiger partial charge >= 0.3 is 0 Å². The number of sulfonamides is 1. The Bertz CT molecular complexity index is 791. The van der Waals surface area contributed by atoms with Gasteiger partial charge in [-0.1, -0.05) is 17.7 Å². The van der Waals surface area contributed by atoms with Crippen molar-refractivity contribution in [1.82, 2.24) is 10.0 Å². The van der Waals surface area contributed by atoms with Crippen LogP contribution >= 0.6 is 11.6 Å². The standard InChI is InChI=1S/C15H15ClN2O4S/c16-12-4-6-14(7-5-12)23(21,22)18-9-8-17-15(20)11-2-1-3-13(19)10-11/h1-7,10,18-19H,8-9H2,(H,17,20). The van der Waals surface area contributed by atoms with Crippen molar-refractivity contribution in [1.29, 1.82) is 0 Å². The first-order valence-corrected chi connectivity index (χ1v) is 8.57. The van der Waals surface area contributed by atoms with Crippen LogP contribution < -0.4 is 10.0 Å². The van der Waals surface area contributed by atoms with Gasteiger partial charge in [-0.25, -0.2) is 13.1 Å². The van der Waals surface area contributed by atoms with Gasteiger partial charge in [0.2, 0.25) is 10.0 Å². The molecule has 0 saturated heterocycles. The van der Waals surface area contributed by atoms with E-state index in [1.54, 1.807) is 12.1 Å². The molecule has 2 aromatic carbocycles. The molecule has 3 N–H and O–H groups in total.